The van der Waals surface area contributed by atoms with Gasteiger partial charge in [-0.25, -0.2) is 0 Å². The highest BCUT2D eigenvalue weighted by molar-refractivity contribution is 7.08. The smallest absolute Gasteiger partial charge is 0.254 e. The van der Waals surface area contributed by atoms with Crippen molar-refractivity contribution in [1.82, 2.24) is 15.1 Å². The van der Waals surface area contributed by atoms with Crippen LogP contribution >= 0.6 is 11.3 Å². The number of ketones is 1. The number of carbonyl (C=O) groups is 4. The van der Waals surface area contributed by atoms with E-state index < -0.39 is 12.1 Å². The summed E-state index contributed by atoms with van der Waals surface area (Å²) in [5.41, 5.74) is 2.16. The molecule has 3 amide bonds. The van der Waals surface area contributed by atoms with Crippen LogP contribution in [-0.4, -0.2) is 64.5 Å². The minimum absolute atomic E-state index is 0.0143. The van der Waals surface area contributed by atoms with Gasteiger partial charge in [0.2, 0.25) is 5.91 Å². The van der Waals surface area contributed by atoms with Crippen molar-refractivity contribution in [2.24, 2.45) is 5.92 Å². The second-order valence-electron chi connectivity index (χ2n) is 10.4. The molecule has 3 fully saturated rings. The van der Waals surface area contributed by atoms with E-state index >= 15 is 0 Å². The lowest BCUT2D eigenvalue weighted by Crippen LogP contribution is -2.53. The maximum atomic E-state index is 13.9. The Labute approximate surface area is 215 Å². The maximum absolute atomic E-state index is 13.9. The molecule has 2 aromatic rings. The lowest BCUT2D eigenvalue weighted by atomic mass is 9.84. The fraction of sp³-hybridized carbons (Fsp3) is 0.500. The normalized spacial score (nSPS) is 23.0. The summed E-state index contributed by atoms with van der Waals surface area (Å²) in [7, 11) is 0. The third-order valence-electron chi connectivity index (χ3n) is 7.95. The molecule has 1 N–H and O–H groups in total. The summed E-state index contributed by atoms with van der Waals surface area (Å²) < 4.78 is 0. The highest BCUT2D eigenvalue weighted by Crippen LogP contribution is 2.33. The zero-order valence-corrected chi connectivity index (χ0v) is 21.5. The molecule has 3 heterocycles. The summed E-state index contributed by atoms with van der Waals surface area (Å²) >= 11 is 1.44. The van der Waals surface area contributed by atoms with E-state index in [1.807, 2.05) is 24.4 Å². The summed E-state index contributed by atoms with van der Waals surface area (Å²) in [6, 6.07) is 7.47. The number of benzene rings is 1. The fourth-order valence-corrected chi connectivity index (χ4v) is 6.65. The second kappa shape index (κ2) is 10.5. The average molecular weight is 508 g/mol. The van der Waals surface area contributed by atoms with Gasteiger partial charge in [-0.05, 0) is 49.3 Å². The molecule has 2 saturated heterocycles. The molecule has 3 atom stereocenters. The standard InChI is InChI=1S/C28H33N3O4S/c1-18-7-9-20(10-8-18)27(34)31-16-24(32)25-23(31)11-13-30(25)28(35)22(15-19-5-3-2-4-6-19)29-26(33)21-12-14-36-17-21/h7-10,12,14,17,19,22-23,25H,2-6,11,13,15-16H2,1H3,(H,29,33)/t22-,23+,25-/m0/s1. The van der Waals surface area contributed by atoms with Crippen LogP contribution in [0.25, 0.3) is 0 Å². The van der Waals surface area contributed by atoms with Gasteiger partial charge in [0.25, 0.3) is 11.8 Å². The number of fused-ring (bicyclic) bond motifs is 1. The molecule has 0 spiro atoms. The van der Waals surface area contributed by atoms with Gasteiger partial charge in [-0.15, -0.1) is 0 Å². The number of likely N-dealkylation sites (tertiary alicyclic amines) is 2. The van der Waals surface area contributed by atoms with Crippen LogP contribution in [0.15, 0.2) is 41.1 Å². The number of carbonyl (C=O) groups excluding carboxylic acids is 4. The van der Waals surface area contributed by atoms with Crippen molar-refractivity contribution in [3.8, 4) is 0 Å². The number of thiophene rings is 1. The summed E-state index contributed by atoms with van der Waals surface area (Å²) in [4.78, 5) is 56.3. The van der Waals surface area contributed by atoms with E-state index in [9.17, 15) is 19.2 Å². The molecule has 8 heteroatoms. The van der Waals surface area contributed by atoms with Crippen molar-refractivity contribution >= 4 is 34.8 Å². The van der Waals surface area contributed by atoms with E-state index in [1.54, 1.807) is 33.4 Å². The number of hydrogen-bond donors (Lipinski definition) is 1. The highest BCUT2D eigenvalue weighted by atomic mass is 32.1. The first-order valence-electron chi connectivity index (χ1n) is 13.0. The average Bonchev–Trinajstić information content (AvgIpc) is 3.63. The Bertz CT molecular complexity index is 1120. The van der Waals surface area contributed by atoms with Crippen molar-refractivity contribution < 1.29 is 19.2 Å². The molecular weight excluding hydrogens is 474 g/mol. The van der Waals surface area contributed by atoms with Crippen molar-refractivity contribution in [1.29, 1.82) is 0 Å². The van der Waals surface area contributed by atoms with Crippen LogP contribution in [0.3, 0.4) is 0 Å². The zero-order valence-electron chi connectivity index (χ0n) is 20.7. The molecular formula is C28H33N3O4S. The molecule has 36 heavy (non-hydrogen) atoms. The van der Waals surface area contributed by atoms with Crippen LogP contribution in [0.2, 0.25) is 0 Å². The van der Waals surface area contributed by atoms with Gasteiger partial charge in [0.15, 0.2) is 5.78 Å². The molecule has 0 radical (unpaired) electrons. The third kappa shape index (κ3) is 4.96. The minimum Gasteiger partial charge on any atom is -0.340 e. The van der Waals surface area contributed by atoms with Gasteiger partial charge in [0.1, 0.15) is 12.1 Å². The first-order chi connectivity index (χ1) is 17.4. The lowest BCUT2D eigenvalue weighted by Gasteiger charge is -2.31. The highest BCUT2D eigenvalue weighted by Gasteiger charge is 2.52. The molecule has 1 aromatic carbocycles. The van der Waals surface area contributed by atoms with Crippen LogP contribution in [0.1, 0.15) is 71.2 Å². The Kier molecular flexibility index (Phi) is 7.23. The lowest BCUT2D eigenvalue weighted by molar-refractivity contribution is -0.138. The molecule has 190 valence electrons. The second-order valence-corrected chi connectivity index (χ2v) is 11.2. The van der Waals surface area contributed by atoms with E-state index in [4.69, 9.17) is 0 Å². The summed E-state index contributed by atoms with van der Waals surface area (Å²) in [5, 5.41) is 6.61. The van der Waals surface area contributed by atoms with Crippen LogP contribution in [0, 0.1) is 12.8 Å². The number of hydrogen-bond acceptors (Lipinski definition) is 5. The Hall–Kier alpha value is -3.00. The largest absolute Gasteiger partial charge is 0.340 e. The predicted molar refractivity (Wildman–Crippen MR) is 138 cm³/mol. The molecule has 2 aliphatic heterocycles. The van der Waals surface area contributed by atoms with Gasteiger partial charge in [-0.3, -0.25) is 19.2 Å². The van der Waals surface area contributed by atoms with Gasteiger partial charge < -0.3 is 15.1 Å². The van der Waals surface area contributed by atoms with Crippen molar-refractivity contribution in [3.63, 3.8) is 0 Å². The number of rotatable bonds is 6. The van der Waals surface area contributed by atoms with E-state index in [0.29, 0.717) is 36.4 Å². The number of nitrogens with one attached hydrogen (secondary N) is 1. The van der Waals surface area contributed by atoms with E-state index in [-0.39, 0.29) is 36.1 Å². The topological polar surface area (TPSA) is 86.8 Å². The third-order valence-corrected chi connectivity index (χ3v) is 8.63. The monoisotopic (exact) mass is 507 g/mol. The van der Waals surface area contributed by atoms with Crippen molar-refractivity contribution in [2.75, 3.05) is 13.1 Å². The quantitative estimate of drug-likeness (QED) is 0.644. The fourth-order valence-electron chi connectivity index (χ4n) is 6.01. The van der Waals surface area contributed by atoms with Gasteiger partial charge in [-0.2, -0.15) is 11.3 Å². The van der Waals surface area contributed by atoms with Gasteiger partial charge >= 0.3 is 0 Å². The van der Waals surface area contributed by atoms with Gasteiger partial charge in [0, 0.05) is 17.5 Å². The molecule has 5 rings (SSSR count). The Morgan fingerprint density at radius 2 is 1.75 bits per heavy atom. The van der Waals surface area contributed by atoms with E-state index in [0.717, 1.165) is 31.2 Å². The number of amides is 3. The summed E-state index contributed by atoms with van der Waals surface area (Å²) in [6.07, 6.45) is 6.77. The van der Waals surface area contributed by atoms with Crippen LogP contribution < -0.4 is 5.32 Å². The van der Waals surface area contributed by atoms with Crippen molar-refractivity contribution in [2.45, 2.75) is 70.0 Å². The molecule has 1 aliphatic carbocycles. The molecule has 1 aromatic heterocycles. The molecule has 1 saturated carbocycles. The van der Waals surface area contributed by atoms with E-state index in [1.165, 1.54) is 17.8 Å². The zero-order chi connectivity index (χ0) is 25.2. The number of nitrogens with zero attached hydrogens (tertiary/aromatic N) is 2. The summed E-state index contributed by atoms with van der Waals surface area (Å²) in [6.45, 7) is 2.39. The molecule has 0 bridgehead atoms. The van der Waals surface area contributed by atoms with Crippen LogP contribution in [-0.2, 0) is 9.59 Å². The molecule has 0 unspecified atom stereocenters. The first-order valence-corrected chi connectivity index (χ1v) is 13.9. The Balaban J connectivity index is 1.33. The molecule has 3 aliphatic rings. The Morgan fingerprint density at radius 1 is 1.00 bits per heavy atom. The predicted octanol–water partition coefficient (Wildman–Crippen LogP) is 3.82. The maximum Gasteiger partial charge on any atom is 0.254 e. The molecule has 7 nitrogen and oxygen atoms in total. The number of aryl methyl sites for hydroxylation is 1. The number of Topliss-reactive ketones (excluding diaryl/α,β-unsaturated/α-hetero) is 1. The first kappa shape index (κ1) is 24.7. The van der Waals surface area contributed by atoms with Crippen molar-refractivity contribution in [3.05, 3.63) is 57.8 Å². The van der Waals surface area contributed by atoms with Crippen LogP contribution in [0.5, 0.6) is 0 Å². The Morgan fingerprint density at radius 3 is 2.44 bits per heavy atom. The SMILES string of the molecule is Cc1ccc(C(=O)N2CC(=O)[C@@H]3[C@H]2CCN3C(=O)[C@H](CC2CCCCC2)NC(=O)c2ccsc2)cc1. The summed E-state index contributed by atoms with van der Waals surface area (Å²) in [5.74, 6) is -0.348. The minimum atomic E-state index is -0.672. The van der Waals surface area contributed by atoms with Gasteiger partial charge in [-0.1, -0.05) is 49.8 Å². The van der Waals surface area contributed by atoms with Crippen LogP contribution in [0.4, 0.5) is 0 Å². The van der Waals surface area contributed by atoms with E-state index in [2.05, 4.69) is 5.32 Å². The van der Waals surface area contributed by atoms with Gasteiger partial charge in [0.05, 0.1) is 18.2 Å².